The second-order valence-electron chi connectivity index (χ2n) is 5.73. The molecule has 17 heavy (non-hydrogen) atoms. The lowest BCUT2D eigenvalue weighted by molar-refractivity contribution is 0.00756. The van der Waals surface area contributed by atoms with Gasteiger partial charge < -0.3 is 15.0 Å². The molecule has 2 fully saturated rings. The highest BCUT2D eigenvalue weighted by molar-refractivity contribution is 4.77. The van der Waals surface area contributed by atoms with E-state index in [4.69, 9.17) is 4.74 Å². The zero-order valence-electron chi connectivity index (χ0n) is 11.5. The predicted molar refractivity (Wildman–Crippen MR) is 71.3 cm³/mol. The molecule has 3 nitrogen and oxygen atoms in total. The van der Waals surface area contributed by atoms with Crippen LogP contribution in [0.3, 0.4) is 0 Å². The van der Waals surface area contributed by atoms with Crippen LogP contribution >= 0.6 is 0 Å². The van der Waals surface area contributed by atoms with E-state index in [1.54, 1.807) is 0 Å². The predicted octanol–water partition coefficient (Wildman–Crippen LogP) is 1.88. The third kappa shape index (κ3) is 3.94. The second-order valence-corrected chi connectivity index (χ2v) is 5.73. The van der Waals surface area contributed by atoms with Gasteiger partial charge in [-0.25, -0.2) is 0 Å². The lowest BCUT2D eigenvalue weighted by Gasteiger charge is -2.29. The van der Waals surface area contributed by atoms with Crippen molar-refractivity contribution < 1.29 is 4.74 Å². The summed E-state index contributed by atoms with van der Waals surface area (Å²) < 4.78 is 6.04. The largest absolute Gasteiger partial charge is 0.378 e. The minimum absolute atomic E-state index is 0.448. The molecule has 100 valence electrons. The summed E-state index contributed by atoms with van der Waals surface area (Å²) in [5, 5.41) is 3.41. The number of hydrogen-bond acceptors (Lipinski definition) is 3. The van der Waals surface area contributed by atoms with Gasteiger partial charge in [-0.2, -0.15) is 0 Å². The van der Waals surface area contributed by atoms with E-state index >= 15 is 0 Å². The highest BCUT2D eigenvalue weighted by Gasteiger charge is 2.23. The SMILES string of the molecule is CC(OCCC1CCCN1C)C1CCNCC1. The van der Waals surface area contributed by atoms with Crippen molar-refractivity contribution >= 4 is 0 Å². The smallest absolute Gasteiger partial charge is 0.0576 e. The molecule has 2 unspecified atom stereocenters. The van der Waals surface area contributed by atoms with Crippen molar-refractivity contribution in [3.63, 3.8) is 0 Å². The first-order chi connectivity index (χ1) is 8.27. The summed E-state index contributed by atoms with van der Waals surface area (Å²) in [6.45, 7) is 6.82. The molecule has 1 N–H and O–H groups in total. The van der Waals surface area contributed by atoms with Crippen molar-refractivity contribution in [3.05, 3.63) is 0 Å². The monoisotopic (exact) mass is 240 g/mol. The molecule has 2 aliphatic heterocycles. The Morgan fingerprint density at radius 2 is 2.06 bits per heavy atom. The maximum absolute atomic E-state index is 6.04. The Hall–Kier alpha value is -0.120. The van der Waals surface area contributed by atoms with Crippen LogP contribution in [0, 0.1) is 5.92 Å². The van der Waals surface area contributed by atoms with Crippen LogP contribution in [0.2, 0.25) is 0 Å². The summed E-state index contributed by atoms with van der Waals surface area (Å²) in [5.74, 6) is 0.776. The van der Waals surface area contributed by atoms with Gasteiger partial charge in [-0.1, -0.05) is 0 Å². The average molecular weight is 240 g/mol. The minimum atomic E-state index is 0.448. The maximum atomic E-state index is 6.04. The van der Waals surface area contributed by atoms with E-state index in [1.165, 1.54) is 51.7 Å². The van der Waals surface area contributed by atoms with Crippen LogP contribution in [0.4, 0.5) is 0 Å². The summed E-state index contributed by atoms with van der Waals surface area (Å²) in [6, 6.07) is 0.773. The van der Waals surface area contributed by atoms with Crippen LogP contribution in [-0.4, -0.2) is 50.3 Å². The molecule has 0 radical (unpaired) electrons. The number of piperidine rings is 1. The fourth-order valence-corrected chi connectivity index (χ4v) is 3.18. The summed E-state index contributed by atoms with van der Waals surface area (Å²) in [7, 11) is 2.24. The van der Waals surface area contributed by atoms with Crippen LogP contribution in [0.5, 0.6) is 0 Å². The fraction of sp³-hybridized carbons (Fsp3) is 1.00. The molecule has 2 rings (SSSR count). The van der Waals surface area contributed by atoms with Crippen molar-refractivity contribution in [2.24, 2.45) is 5.92 Å². The van der Waals surface area contributed by atoms with E-state index in [1.807, 2.05) is 0 Å². The molecule has 0 aromatic heterocycles. The van der Waals surface area contributed by atoms with Crippen molar-refractivity contribution in [2.75, 3.05) is 33.3 Å². The Morgan fingerprint density at radius 1 is 1.29 bits per heavy atom. The molecule has 0 bridgehead atoms. The number of likely N-dealkylation sites (tertiary alicyclic amines) is 1. The molecule has 2 aliphatic rings. The molecule has 3 heteroatoms. The Morgan fingerprint density at radius 3 is 2.71 bits per heavy atom. The molecule has 2 atom stereocenters. The number of rotatable bonds is 5. The molecule has 0 saturated carbocycles. The van der Waals surface area contributed by atoms with E-state index in [-0.39, 0.29) is 0 Å². The van der Waals surface area contributed by atoms with Crippen LogP contribution in [-0.2, 0) is 4.74 Å². The second kappa shape index (κ2) is 6.72. The van der Waals surface area contributed by atoms with E-state index in [2.05, 4.69) is 24.2 Å². The Bertz CT molecular complexity index is 216. The number of ether oxygens (including phenoxy) is 1. The molecule has 0 spiro atoms. The third-order valence-electron chi connectivity index (χ3n) is 4.55. The van der Waals surface area contributed by atoms with Gasteiger partial charge in [0, 0.05) is 12.6 Å². The highest BCUT2D eigenvalue weighted by atomic mass is 16.5. The normalized spacial score (nSPS) is 29.6. The molecular formula is C14H28N2O. The van der Waals surface area contributed by atoms with Crippen LogP contribution < -0.4 is 5.32 Å². The van der Waals surface area contributed by atoms with Crippen molar-refractivity contribution in [1.82, 2.24) is 10.2 Å². The Kier molecular flexibility index (Phi) is 5.26. The summed E-state index contributed by atoms with van der Waals surface area (Å²) >= 11 is 0. The first-order valence-corrected chi connectivity index (χ1v) is 7.30. The molecule has 2 heterocycles. The Balaban J connectivity index is 1.60. The zero-order chi connectivity index (χ0) is 12.1. The van der Waals surface area contributed by atoms with Gasteiger partial charge in [-0.05, 0) is 71.6 Å². The van der Waals surface area contributed by atoms with Crippen LogP contribution in [0.25, 0.3) is 0 Å². The molecule has 0 aliphatic carbocycles. The van der Waals surface area contributed by atoms with Gasteiger partial charge in [0.05, 0.1) is 6.10 Å². The fourth-order valence-electron chi connectivity index (χ4n) is 3.18. The van der Waals surface area contributed by atoms with Gasteiger partial charge in [0.15, 0.2) is 0 Å². The number of hydrogen-bond donors (Lipinski definition) is 1. The molecular weight excluding hydrogens is 212 g/mol. The highest BCUT2D eigenvalue weighted by Crippen LogP contribution is 2.21. The zero-order valence-corrected chi connectivity index (χ0v) is 11.5. The molecule has 0 amide bonds. The van der Waals surface area contributed by atoms with Crippen LogP contribution in [0.15, 0.2) is 0 Å². The van der Waals surface area contributed by atoms with E-state index in [0.29, 0.717) is 6.10 Å². The van der Waals surface area contributed by atoms with Gasteiger partial charge in [-0.15, -0.1) is 0 Å². The average Bonchev–Trinajstić information content (AvgIpc) is 2.76. The van der Waals surface area contributed by atoms with Gasteiger partial charge in [0.2, 0.25) is 0 Å². The van der Waals surface area contributed by atoms with E-state index < -0.39 is 0 Å². The topological polar surface area (TPSA) is 24.5 Å². The number of nitrogens with zero attached hydrogens (tertiary/aromatic N) is 1. The van der Waals surface area contributed by atoms with Gasteiger partial charge in [0.1, 0.15) is 0 Å². The van der Waals surface area contributed by atoms with Crippen molar-refractivity contribution in [1.29, 1.82) is 0 Å². The van der Waals surface area contributed by atoms with Crippen molar-refractivity contribution in [3.8, 4) is 0 Å². The lowest BCUT2D eigenvalue weighted by Crippen LogP contribution is -2.34. The van der Waals surface area contributed by atoms with Crippen LogP contribution in [0.1, 0.15) is 39.0 Å². The summed E-state index contributed by atoms with van der Waals surface area (Å²) in [6.07, 6.45) is 6.96. The molecule has 0 aromatic carbocycles. The third-order valence-corrected chi connectivity index (χ3v) is 4.55. The van der Waals surface area contributed by atoms with Crippen molar-refractivity contribution in [2.45, 2.75) is 51.2 Å². The van der Waals surface area contributed by atoms with E-state index in [9.17, 15) is 0 Å². The number of nitrogens with one attached hydrogen (secondary N) is 1. The molecule has 2 saturated heterocycles. The maximum Gasteiger partial charge on any atom is 0.0576 e. The summed E-state index contributed by atoms with van der Waals surface area (Å²) in [4.78, 5) is 2.48. The quantitative estimate of drug-likeness (QED) is 0.794. The molecule has 0 aromatic rings. The van der Waals surface area contributed by atoms with Gasteiger partial charge >= 0.3 is 0 Å². The lowest BCUT2D eigenvalue weighted by atomic mass is 9.93. The van der Waals surface area contributed by atoms with E-state index in [0.717, 1.165) is 18.6 Å². The first kappa shape index (κ1) is 13.3. The Labute approximate surface area is 106 Å². The standard InChI is InChI=1S/C14H28N2O/c1-12(13-5-8-15-9-6-13)17-11-7-14-4-3-10-16(14)2/h12-15H,3-11H2,1-2H3. The van der Waals surface area contributed by atoms with Gasteiger partial charge in [-0.3, -0.25) is 0 Å². The van der Waals surface area contributed by atoms with Gasteiger partial charge in [0.25, 0.3) is 0 Å². The first-order valence-electron chi connectivity index (χ1n) is 7.30. The summed E-state index contributed by atoms with van der Waals surface area (Å²) in [5.41, 5.74) is 0. The minimum Gasteiger partial charge on any atom is -0.378 e.